The van der Waals surface area contributed by atoms with Gasteiger partial charge in [-0.05, 0) is 36.8 Å². The third-order valence-corrected chi connectivity index (χ3v) is 4.58. The highest BCUT2D eigenvalue weighted by Gasteiger charge is 2.12. The Morgan fingerprint density at radius 1 is 1.15 bits per heavy atom. The highest BCUT2D eigenvalue weighted by molar-refractivity contribution is 7.13. The molecule has 0 radical (unpaired) electrons. The molecule has 0 fully saturated rings. The van der Waals surface area contributed by atoms with Gasteiger partial charge in [0, 0.05) is 10.9 Å². The number of nitrogens with one attached hydrogen (secondary N) is 1. The van der Waals surface area contributed by atoms with Crippen molar-refractivity contribution in [3.8, 4) is 16.7 Å². The lowest BCUT2D eigenvalue weighted by Gasteiger charge is -2.08. The molecule has 2 aromatic heterocycles. The number of aromatic nitrogens is 1. The lowest BCUT2D eigenvalue weighted by Crippen LogP contribution is -2.23. The van der Waals surface area contributed by atoms with Gasteiger partial charge in [-0.1, -0.05) is 25.1 Å². The number of hydrogen-bond donors (Lipinski definition) is 2. The number of nitrogen functional groups attached to an aromatic ring is 1. The van der Waals surface area contributed by atoms with Crippen LogP contribution < -0.4 is 20.5 Å². The SMILES string of the molecule is CCCOc1ccc(C(=O)NCc2ccc(Oc3ccccc3)s2)c(N)n1. The van der Waals surface area contributed by atoms with Crippen LogP contribution in [0.3, 0.4) is 0 Å². The smallest absolute Gasteiger partial charge is 0.255 e. The average Bonchev–Trinajstić information content (AvgIpc) is 3.12. The van der Waals surface area contributed by atoms with E-state index in [1.54, 1.807) is 12.1 Å². The molecule has 3 N–H and O–H groups in total. The number of ether oxygens (including phenoxy) is 2. The van der Waals surface area contributed by atoms with Gasteiger partial charge in [-0.25, -0.2) is 0 Å². The molecule has 0 atom stereocenters. The molecule has 140 valence electrons. The first-order valence-electron chi connectivity index (χ1n) is 8.65. The van der Waals surface area contributed by atoms with Crippen molar-refractivity contribution >= 4 is 23.1 Å². The van der Waals surface area contributed by atoms with E-state index in [1.165, 1.54) is 11.3 Å². The zero-order valence-corrected chi connectivity index (χ0v) is 15.8. The van der Waals surface area contributed by atoms with Gasteiger partial charge in [0.1, 0.15) is 11.6 Å². The second kappa shape index (κ2) is 9.05. The fraction of sp³-hybridized carbons (Fsp3) is 0.200. The first-order valence-corrected chi connectivity index (χ1v) is 9.46. The Hall–Kier alpha value is -3.06. The highest BCUT2D eigenvalue weighted by Crippen LogP contribution is 2.29. The number of nitrogens with zero attached hydrogens (tertiary/aromatic N) is 1. The number of carbonyl (C=O) groups excluding carboxylic acids is 1. The zero-order chi connectivity index (χ0) is 19.1. The molecule has 0 aliphatic rings. The third-order valence-electron chi connectivity index (χ3n) is 3.62. The molecule has 3 aromatic rings. The van der Waals surface area contributed by atoms with E-state index < -0.39 is 0 Å². The monoisotopic (exact) mass is 383 g/mol. The molecule has 6 nitrogen and oxygen atoms in total. The number of carbonyl (C=O) groups is 1. The number of anilines is 1. The summed E-state index contributed by atoms with van der Waals surface area (Å²) in [5, 5.41) is 3.62. The van der Waals surface area contributed by atoms with Crippen molar-refractivity contribution in [3.63, 3.8) is 0 Å². The predicted octanol–water partition coefficient (Wildman–Crippen LogP) is 4.24. The van der Waals surface area contributed by atoms with E-state index >= 15 is 0 Å². The Morgan fingerprint density at radius 3 is 2.70 bits per heavy atom. The number of pyridine rings is 1. The molecule has 1 aromatic carbocycles. The van der Waals surface area contributed by atoms with Gasteiger partial charge in [-0.2, -0.15) is 4.98 Å². The maximum atomic E-state index is 12.4. The number of nitrogens with two attached hydrogens (primary N) is 1. The van der Waals surface area contributed by atoms with Crippen molar-refractivity contribution in [1.29, 1.82) is 0 Å². The minimum absolute atomic E-state index is 0.153. The van der Waals surface area contributed by atoms with Crippen molar-refractivity contribution < 1.29 is 14.3 Å². The van der Waals surface area contributed by atoms with E-state index in [0.29, 0.717) is 24.6 Å². The molecule has 0 aliphatic carbocycles. The molecular formula is C20H21N3O3S. The molecule has 0 unspecified atom stereocenters. The van der Waals surface area contributed by atoms with Gasteiger partial charge in [0.2, 0.25) is 5.88 Å². The Bertz CT molecular complexity index is 896. The molecule has 0 saturated carbocycles. The van der Waals surface area contributed by atoms with Crippen LogP contribution in [0, 0.1) is 0 Å². The Kier molecular flexibility index (Phi) is 6.27. The van der Waals surface area contributed by atoms with Crippen LogP contribution >= 0.6 is 11.3 Å². The Balaban J connectivity index is 1.56. The molecule has 7 heteroatoms. The summed E-state index contributed by atoms with van der Waals surface area (Å²) in [4.78, 5) is 17.5. The summed E-state index contributed by atoms with van der Waals surface area (Å²) in [5.41, 5.74) is 6.21. The summed E-state index contributed by atoms with van der Waals surface area (Å²) in [6.45, 7) is 2.95. The molecule has 2 heterocycles. The average molecular weight is 383 g/mol. The maximum Gasteiger partial charge on any atom is 0.255 e. The number of amides is 1. The Morgan fingerprint density at radius 2 is 1.96 bits per heavy atom. The van der Waals surface area contributed by atoms with Crippen LogP contribution in [0.15, 0.2) is 54.6 Å². The summed E-state index contributed by atoms with van der Waals surface area (Å²) < 4.78 is 11.2. The summed E-state index contributed by atoms with van der Waals surface area (Å²) in [7, 11) is 0. The molecular weight excluding hydrogens is 362 g/mol. The van der Waals surface area contributed by atoms with Crippen molar-refractivity contribution in [2.75, 3.05) is 12.3 Å². The van der Waals surface area contributed by atoms with Gasteiger partial charge in [0.05, 0.1) is 18.7 Å². The zero-order valence-electron chi connectivity index (χ0n) is 15.0. The lowest BCUT2D eigenvalue weighted by atomic mass is 10.2. The van der Waals surface area contributed by atoms with Crippen LogP contribution in [0.2, 0.25) is 0 Å². The van der Waals surface area contributed by atoms with Crippen LogP contribution in [-0.4, -0.2) is 17.5 Å². The van der Waals surface area contributed by atoms with Crippen LogP contribution in [0.4, 0.5) is 5.82 Å². The van der Waals surface area contributed by atoms with Gasteiger partial charge in [-0.3, -0.25) is 4.79 Å². The minimum atomic E-state index is -0.277. The fourth-order valence-electron chi connectivity index (χ4n) is 2.31. The lowest BCUT2D eigenvalue weighted by molar-refractivity contribution is 0.0952. The summed E-state index contributed by atoms with van der Waals surface area (Å²) in [6.07, 6.45) is 0.876. The van der Waals surface area contributed by atoms with Crippen molar-refractivity contribution in [2.24, 2.45) is 0 Å². The molecule has 0 aliphatic heterocycles. The normalized spacial score (nSPS) is 10.4. The molecule has 0 saturated heterocycles. The van der Waals surface area contributed by atoms with Gasteiger partial charge in [-0.15, -0.1) is 11.3 Å². The third kappa shape index (κ3) is 5.21. The second-order valence-corrected chi connectivity index (χ2v) is 6.88. The van der Waals surface area contributed by atoms with E-state index in [1.807, 2.05) is 49.4 Å². The highest BCUT2D eigenvalue weighted by atomic mass is 32.1. The van der Waals surface area contributed by atoms with E-state index in [4.69, 9.17) is 15.2 Å². The largest absolute Gasteiger partial charge is 0.478 e. The van der Waals surface area contributed by atoms with Crippen LogP contribution in [0.5, 0.6) is 16.7 Å². The predicted molar refractivity (Wildman–Crippen MR) is 106 cm³/mol. The summed E-state index contributed by atoms with van der Waals surface area (Å²) in [5.74, 6) is 1.08. The van der Waals surface area contributed by atoms with Crippen molar-refractivity contribution in [1.82, 2.24) is 10.3 Å². The molecule has 1 amide bonds. The number of para-hydroxylation sites is 1. The molecule has 27 heavy (non-hydrogen) atoms. The first kappa shape index (κ1) is 18.7. The Labute approximate surface area is 162 Å². The molecule has 0 bridgehead atoms. The van der Waals surface area contributed by atoms with Crippen LogP contribution in [0.25, 0.3) is 0 Å². The van der Waals surface area contributed by atoms with Crippen molar-refractivity contribution in [3.05, 3.63) is 65.0 Å². The van der Waals surface area contributed by atoms with Crippen LogP contribution in [-0.2, 0) is 6.54 Å². The quantitative estimate of drug-likeness (QED) is 0.608. The van der Waals surface area contributed by atoms with E-state index in [9.17, 15) is 4.79 Å². The molecule has 0 spiro atoms. The maximum absolute atomic E-state index is 12.4. The van der Waals surface area contributed by atoms with E-state index in [0.717, 1.165) is 22.1 Å². The van der Waals surface area contributed by atoms with Crippen molar-refractivity contribution in [2.45, 2.75) is 19.9 Å². The number of hydrogen-bond acceptors (Lipinski definition) is 6. The number of benzene rings is 1. The minimum Gasteiger partial charge on any atom is -0.478 e. The van der Waals surface area contributed by atoms with E-state index in [-0.39, 0.29) is 11.7 Å². The number of thiophene rings is 1. The fourth-order valence-corrected chi connectivity index (χ4v) is 3.12. The summed E-state index contributed by atoms with van der Waals surface area (Å²) >= 11 is 1.48. The van der Waals surface area contributed by atoms with Gasteiger partial charge < -0.3 is 20.5 Å². The summed E-state index contributed by atoms with van der Waals surface area (Å²) in [6, 6.07) is 16.6. The standard InChI is InChI=1S/C20H21N3O3S/c1-2-12-25-17-10-9-16(19(21)23-17)20(24)22-13-15-8-11-18(27-15)26-14-6-4-3-5-7-14/h3-11H,2,12-13H2,1H3,(H2,21,23)(H,22,24). The van der Waals surface area contributed by atoms with Crippen LogP contribution in [0.1, 0.15) is 28.6 Å². The first-order chi connectivity index (χ1) is 13.2. The van der Waals surface area contributed by atoms with E-state index in [2.05, 4.69) is 10.3 Å². The topological polar surface area (TPSA) is 86.5 Å². The van der Waals surface area contributed by atoms with Gasteiger partial charge in [0.15, 0.2) is 5.06 Å². The van der Waals surface area contributed by atoms with Gasteiger partial charge >= 0.3 is 0 Å². The second-order valence-electron chi connectivity index (χ2n) is 5.75. The molecule has 3 rings (SSSR count). The number of rotatable bonds is 8. The van der Waals surface area contributed by atoms with Gasteiger partial charge in [0.25, 0.3) is 5.91 Å².